The molecule has 0 aliphatic rings. The number of rotatable bonds is 3. The van der Waals surface area contributed by atoms with E-state index < -0.39 is 0 Å². The quantitative estimate of drug-likeness (QED) is 0.150. The fraction of sp³-hybridized carbons (Fsp3) is 0.857. The monoisotopic (exact) mass is 175 g/mol. The van der Waals surface area contributed by atoms with Gasteiger partial charge in [-0.3, -0.25) is 10.4 Å². The molecule has 0 aliphatic heterocycles. The first-order valence-corrected chi connectivity index (χ1v) is 4.17. The molecule has 0 radical (unpaired) electrons. The number of nitrogens with one attached hydrogen (secondary N) is 3. The van der Waals surface area contributed by atoms with Gasteiger partial charge in [0.2, 0.25) is 5.96 Å². The zero-order valence-electron chi connectivity index (χ0n) is 8.44. The van der Waals surface area contributed by atoms with Crippen molar-refractivity contribution in [1.29, 1.82) is 0 Å². The van der Waals surface area contributed by atoms with Gasteiger partial charge >= 0.3 is 0 Å². The number of hydrogen-bond acceptors (Lipinski definition) is 3. The molecular weight excluding hydrogens is 154 g/mol. The Morgan fingerprint density at radius 2 is 1.92 bits per heavy atom. The molecule has 0 heterocycles. The Hall–Kier alpha value is -0.810. The summed E-state index contributed by atoms with van der Waals surface area (Å²) in [6.07, 6.45) is 0. The first kappa shape index (κ1) is 13.8. The Labute approximate surface area is 74.8 Å². The largest absolute Gasteiger partial charge is 0.354 e. The molecule has 5 nitrogen and oxygen atoms in total. The minimum Gasteiger partial charge on any atom is -0.354 e. The minimum absolute atomic E-state index is 0.607. The molecule has 5 heteroatoms. The van der Waals surface area contributed by atoms with E-state index in [4.69, 9.17) is 5.84 Å². The molecule has 0 aliphatic carbocycles. The molecule has 0 saturated heterocycles. The van der Waals surface area contributed by atoms with Crippen LogP contribution in [0.5, 0.6) is 0 Å². The molecule has 0 aromatic rings. The number of nitrogens with zero attached hydrogens (tertiary/aromatic N) is 1. The molecule has 0 unspecified atom stereocenters. The van der Waals surface area contributed by atoms with Crippen molar-refractivity contribution in [3.05, 3.63) is 0 Å². The second-order valence-corrected chi connectivity index (χ2v) is 1.75. The summed E-state index contributed by atoms with van der Waals surface area (Å²) in [6.45, 7) is 5.70. The Kier molecular flexibility index (Phi) is 14.7. The van der Waals surface area contributed by atoms with Crippen molar-refractivity contribution in [2.24, 2.45) is 10.8 Å². The summed E-state index contributed by atoms with van der Waals surface area (Å²) in [7, 11) is 3.56. The zero-order chi connectivity index (χ0) is 9.82. The minimum atomic E-state index is 0.607. The Bertz CT molecular complexity index is 102. The van der Waals surface area contributed by atoms with Crippen LogP contribution in [-0.4, -0.2) is 33.1 Å². The first-order chi connectivity index (χ1) is 5.85. The Balaban J connectivity index is 0. The Morgan fingerprint density at radius 3 is 2.25 bits per heavy atom. The molecule has 0 atom stereocenters. The van der Waals surface area contributed by atoms with Gasteiger partial charge in [-0.2, -0.15) is 0 Å². The number of guanidine groups is 1. The lowest BCUT2D eigenvalue weighted by Gasteiger charge is -2.06. The van der Waals surface area contributed by atoms with Crippen LogP contribution in [0.1, 0.15) is 13.8 Å². The Morgan fingerprint density at radius 1 is 1.33 bits per heavy atom. The summed E-state index contributed by atoms with van der Waals surface area (Å²) >= 11 is 0. The normalized spacial score (nSPS) is 9.92. The highest BCUT2D eigenvalue weighted by atomic mass is 15.3. The van der Waals surface area contributed by atoms with Crippen LogP contribution in [0.25, 0.3) is 0 Å². The lowest BCUT2D eigenvalue weighted by molar-refractivity contribution is 0.740. The van der Waals surface area contributed by atoms with Crippen LogP contribution >= 0.6 is 0 Å². The lowest BCUT2D eigenvalue weighted by Crippen LogP contribution is -2.43. The fourth-order valence-corrected chi connectivity index (χ4v) is 0.501. The second kappa shape index (κ2) is 12.8. The topological polar surface area (TPSA) is 74.5 Å². The smallest absolute Gasteiger partial charge is 0.205 e. The molecule has 0 amide bonds. The molecule has 0 aromatic heterocycles. The third kappa shape index (κ3) is 9.19. The van der Waals surface area contributed by atoms with E-state index >= 15 is 0 Å². The van der Waals surface area contributed by atoms with Gasteiger partial charge in [0.15, 0.2) is 0 Å². The van der Waals surface area contributed by atoms with E-state index in [1.165, 1.54) is 0 Å². The van der Waals surface area contributed by atoms with Gasteiger partial charge in [-0.1, -0.05) is 13.8 Å². The van der Waals surface area contributed by atoms with Gasteiger partial charge in [-0.05, 0) is 7.05 Å². The molecule has 0 aromatic carbocycles. The van der Waals surface area contributed by atoms with E-state index in [9.17, 15) is 0 Å². The fourth-order valence-electron chi connectivity index (χ4n) is 0.501. The summed E-state index contributed by atoms with van der Waals surface area (Å²) in [5, 5.41) is 5.96. The maximum Gasteiger partial charge on any atom is 0.205 e. The van der Waals surface area contributed by atoms with Gasteiger partial charge in [0, 0.05) is 20.1 Å². The second-order valence-electron chi connectivity index (χ2n) is 1.75. The number of likely N-dealkylation sites (N-methyl/N-ethyl adjacent to an activating group) is 1. The van der Waals surface area contributed by atoms with Gasteiger partial charge < -0.3 is 10.6 Å². The molecular formula is C7H21N5. The maximum absolute atomic E-state index is 5.10. The highest BCUT2D eigenvalue weighted by Gasteiger charge is 1.88. The van der Waals surface area contributed by atoms with Crippen LogP contribution in [-0.2, 0) is 0 Å². The summed E-state index contributed by atoms with van der Waals surface area (Å²) in [5.74, 6) is 5.71. The molecule has 5 N–H and O–H groups in total. The molecule has 0 saturated carbocycles. The highest BCUT2D eigenvalue weighted by molar-refractivity contribution is 5.78. The van der Waals surface area contributed by atoms with E-state index in [1.807, 2.05) is 20.9 Å². The first-order valence-electron chi connectivity index (χ1n) is 4.17. The highest BCUT2D eigenvalue weighted by Crippen LogP contribution is 1.60. The molecule has 0 spiro atoms. The molecule has 0 rings (SSSR count). The van der Waals surface area contributed by atoms with Crippen LogP contribution in [0.4, 0.5) is 0 Å². The van der Waals surface area contributed by atoms with Crippen molar-refractivity contribution in [2.75, 3.05) is 27.2 Å². The zero-order valence-corrected chi connectivity index (χ0v) is 8.44. The van der Waals surface area contributed by atoms with Crippen LogP contribution < -0.4 is 21.9 Å². The van der Waals surface area contributed by atoms with Crippen molar-refractivity contribution in [3.63, 3.8) is 0 Å². The van der Waals surface area contributed by atoms with Crippen LogP contribution in [0.15, 0.2) is 4.99 Å². The van der Waals surface area contributed by atoms with Gasteiger partial charge in [0.25, 0.3) is 0 Å². The number of aliphatic imine (C=N–C) groups is 1. The average Bonchev–Trinajstić information content (AvgIpc) is 2.16. The average molecular weight is 175 g/mol. The predicted octanol–water partition coefficient (Wildman–Crippen LogP) is -0.729. The standard InChI is InChI=1S/C5H15N5.C2H6/c1-7-3-4-9-5(8-2)10-6;1-2/h7H,3-4,6H2,1-2H3,(H2,8,9,10);1-2H3. The SMILES string of the molecule is CC.CN=C(NN)NCCNC. The van der Waals surface area contributed by atoms with Gasteiger partial charge in [-0.25, -0.2) is 5.84 Å². The van der Waals surface area contributed by atoms with E-state index in [2.05, 4.69) is 21.1 Å². The van der Waals surface area contributed by atoms with Crippen LogP contribution in [0.3, 0.4) is 0 Å². The summed E-state index contributed by atoms with van der Waals surface area (Å²) in [4.78, 5) is 3.82. The summed E-state index contributed by atoms with van der Waals surface area (Å²) in [6, 6.07) is 0. The summed E-state index contributed by atoms with van der Waals surface area (Å²) < 4.78 is 0. The lowest BCUT2D eigenvalue weighted by atomic mass is 10.6. The number of hydrogen-bond donors (Lipinski definition) is 4. The number of hydrazine groups is 1. The molecule has 0 bridgehead atoms. The van der Waals surface area contributed by atoms with Crippen molar-refractivity contribution >= 4 is 5.96 Å². The molecule has 12 heavy (non-hydrogen) atoms. The van der Waals surface area contributed by atoms with E-state index in [0.29, 0.717) is 5.96 Å². The van der Waals surface area contributed by atoms with Crippen LogP contribution in [0, 0.1) is 0 Å². The number of nitrogens with two attached hydrogens (primary N) is 1. The predicted molar refractivity (Wildman–Crippen MR) is 54.0 cm³/mol. The van der Waals surface area contributed by atoms with E-state index in [-0.39, 0.29) is 0 Å². The maximum atomic E-state index is 5.10. The van der Waals surface area contributed by atoms with Gasteiger partial charge in [0.05, 0.1) is 0 Å². The molecule has 74 valence electrons. The van der Waals surface area contributed by atoms with Crippen molar-refractivity contribution < 1.29 is 0 Å². The van der Waals surface area contributed by atoms with Crippen molar-refractivity contribution in [1.82, 2.24) is 16.1 Å². The van der Waals surface area contributed by atoms with Gasteiger partial charge in [-0.15, -0.1) is 0 Å². The molecule has 0 fully saturated rings. The third-order valence-corrected chi connectivity index (χ3v) is 1.03. The van der Waals surface area contributed by atoms with Crippen molar-refractivity contribution in [3.8, 4) is 0 Å². The van der Waals surface area contributed by atoms with E-state index in [0.717, 1.165) is 13.1 Å². The van der Waals surface area contributed by atoms with Crippen molar-refractivity contribution in [2.45, 2.75) is 13.8 Å². The van der Waals surface area contributed by atoms with Gasteiger partial charge in [0.1, 0.15) is 0 Å². The third-order valence-electron chi connectivity index (χ3n) is 1.03. The van der Waals surface area contributed by atoms with E-state index in [1.54, 1.807) is 7.05 Å². The summed E-state index contributed by atoms with van der Waals surface area (Å²) in [5.41, 5.74) is 2.42. The van der Waals surface area contributed by atoms with Crippen LogP contribution in [0.2, 0.25) is 0 Å².